The van der Waals surface area contributed by atoms with Crippen molar-refractivity contribution in [1.82, 2.24) is 5.32 Å². The smallest absolute Gasteiger partial charge is 0.255 e. The Labute approximate surface area is 185 Å². The van der Waals surface area contributed by atoms with Crippen LogP contribution in [-0.2, 0) is 10.2 Å². The number of halogens is 1. The van der Waals surface area contributed by atoms with Gasteiger partial charge in [0.25, 0.3) is 5.91 Å². The van der Waals surface area contributed by atoms with Crippen molar-refractivity contribution in [1.29, 1.82) is 0 Å². The van der Waals surface area contributed by atoms with Crippen molar-refractivity contribution < 1.29 is 9.59 Å². The van der Waals surface area contributed by atoms with Gasteiger partial charge in [-0.1, -0.05) is 45.0 Å². The Morgan fingerprint density at radius 3 is 2.20 bits per heavy atom. The van der Waals surface area contributed by atoms with E-state index in [1.54, 1.807) is 6.07 Å². The van der Waals surface area contributed by atoms with Gasteiger partial charge in [-0.05, 0) is 67.1 Å². The van der Waals surface area contributed by atoms with Crippen molar-refractivity contribution in [2.75, 3.05) is 23.7 Å². The molecule has 1 atom stereocenters. The van der Waals surface area contributed by atoms with Crippen LogP contribution in [0, 0.1) is 5.92 Å². The third-order valence-electron chi connectivity index (χ3n) is 5.40. The lowest BCUT2D eigenvalue weighted by atomic mass is 9.87. The molecule has 1 unspecified atom stereocenters. The molecular formula is C24H32ClN3O2. The number of carbonyl (C=O) groups excluding carboxylic acids is 2. The third-order valence-corrected chi connectivity index (χ3v) is 5.40. The summed E-state index contributed by atoms with van der Waals surface area (Å²) in [6.07, 6.45) is 2.50. The van der Waals surface area contributed by atoms with E-state index in [9.17, 15) is 9.59 Å². The number of anilines is 2. The molecule has 1 aliphatic rings. The second-order valence-electron chi connectivity index (χ2n) is 8.77. The summed E-state index contributed by atoms with van der Waals surface area (Å²) in [5, 5.41) is 9.19. The minimum absolute atomic E-state index is 0. The monoisotopic (exact) mass is 429 g/mol. The van der Waals surface area contributed by atoms with Crippen LogP contribution in [0.5, 0.6) is 0 Å². The standard InChI is InChI=1S/C24H31N3O2.ClH/c1-24(2,3)19-11-9-18(10-12-19)23(29)27-21-7-5-4-6-20(21)26-22(28)13-8-17-14-15-25-16-17;/h4-7,9-12,17,25H,8,13-16H2,1-3H3,(H,26,28)(H,27,29);1H. The van der Waals surface area contributed by atoms with Crippen molar-refractivity contribution >= 4 is 35.6 Å². The molecule has 0 aliphatic carbocycles. The fraction of sp³-hybridized carbons (Fsp3) is 0.417. The summed E-state index contributed by atoms with van der Waals surface area (Å²) in [5.41, 5.74) is 3.04. The Kier molecular flexibility index (Phi) is 8.44. The molecule has 0 aromatic heterocycles. The van der Waals surface area contributed by atoms with E-state index in [0.717, 1.165) is 25.9 Å². The zero-order valence-corrected chi connectivity index (χ0v) is 18.8. The number of hydrogen-bond acceptors (Lipinski definition) is 3. The van der Waals surface area contributed by atoms with Crippen LogP contribution in [0.15, 0.2) is 48.5 Å². The molecule has 2 aromatic carbocycles. The SMILES string of the molecule is CC(C)(C)c1ccc(C(=O)Nc2ccccc2NC(=O)CCC2CCNC2)cc1.Cl. The zero-order chi connectivity index (χ0) is 20.9. The second-order valence-corrected chi connectivity index (χ2v) is 8.77. The lowest BCUT2D eigenvalue weighted by Crippen LogP contribution is -2.18. The molecule has 5 nitrogen and oxygen atoms in total. The maximum absolute atomic E-state index is 12.7. The van der Waals surface area contributed by atoms with Crippen LogP contribution in [0.1, 0.15) is 56.0 Å². The van der Waals surface area contributed by atoms with Crippen molar-refractivity contribution in [2.24, 2.45) is 5.92 Å². The molecule has 1 heterocycles. The maximum atomic E-state index is 12.7. The number of carbonyl (C=O) groups is 2. The van der Waals surface area contributed by atoms with Crippen LogP contribution in [-0.4, -0.2) is 24.9 Å². The fourth-order valence-electron chi connectivity index (χ4n) is 3.53. The van der Waals surface area contributed by atoms with Crippen LogP contribution >= 0.6 is 12.4 Å². The normalized spacial score (nSPS) is 15.9. The molecule has 0 saturated carbocycles. The predicted molar refractivity (Wildman–Crippen MR) is 126 cm³/mol. The second kappa shape index (κ2) is 10.6. The first-order valence-electron chi connectivity index (χ1n) is 10.3. The van der Waals surface area contributed by atoms with Gasteiger partial charge in [-0.3, -0.25) is 9.59 Å². The molecule has 3 rings (SSSR count). The number of hydrogen-bond donors (Lipinski definition) is 3. The summed E-state index contributed by atoms with van der Waals surface area (Å²) in [7, 11) is 0. The minimum Gasteiger partial charge on any atom is -0.324 e. The van der Waals surface area contributed by atoms with Crippen LogP contribution in [0.25, 0.3) is 0 Å². The fourth-order valence-corrected chi connectivity index (χ4v) is 3.53. The molecule has 2 amide bonds. The summed E-state index contributed by atoms with van der Waals surface area (Å²) < 4.78 is 0. The van der Waals surface area contributed by atoms with Gasteiger partial charge in [-0.15, -0.1) is 12.4 Å². The van der Waals surface area contributed by atoms with Gasteiger partial charge in [0.15, 0.2) is 0 Å². The number of rotatable bonds is 6. The van der Waals surface area contributed by atoms with E-state index in [1.807, 2.05) is 42.5 Å². The van der Waals surface area contributed by atoms with E-state index in [-0.39, 0.29) is 29.6 Å². The number of para-hydroxylation sites is 2. The molecule has 1 fully saturated rings. The Bertz CT molecular complexity index is 853. The maximum Gasteiger partial charge on any atom is 0.255 e. The molecule has 3 N–H and O–H groups in total. The van der Waals surface area contributed by atoms with Crippen molar-refractivity contribution in [3.63, 3.8) is 0 Å². The summed E-state index contributed by atoms with van der Waals surface area (Å²) in [5.74, 6) is 0.365. The largest absolute Gasteiger partial charge is 0.324 e. The van der Waals surface area contributed by atoms with E-state index < -0.39 is 0 Å². The highest BCUT2D eigenvalue weighted by Gasteiger charge is 2.17. The van der Waals surface area contributed by atoms with Gasteiger partial charge in [-0.2, -0.15) is 0 Å². The highest BCUT2D eigenvalue weighted by Crippen LogP contribution is 2.25. The van der Waals surface area contributed by atoms with E-state index >= 15 is 0 Å². The van der Waals surface area contributed by atoms with Gasteiger partial charge in [0.2, 0.25) is 5.91 Å². The van der Waals surface area contributed by atoms with Gasteiger partial charge < -0.3 is 16.0 Å². The van der Waals surface area contributed by atoms with Crippen molar-refractivity contribution in [3.05, 3.63) is 59.7 Å². The molecule has 1 saturated heterocycles. The lowest BCUT2D eigenvalue weighted by Gasteiger charge is -2.19. The Hall–Kier alpha value is -2.37. The Morgan fingerprint density at radius 2 is 1.63 bits per heavy atom. The van der Waals surface area contributed by atoms with Gasteiger partial charge in [-0.25, -0.2) is 0 Å². The Morgan fingerprint density at radius 1 is 1.00 bits per heavy atom. The number of benzene rings is 2. The minimum atomic E-state index is -0.191. The molecule has 0 bridgehead atoms. The highest BCUT2D eigenvalue weighted by atomic mass is 35.5. The number of nitrogens with one attached hydrogen (secondary N) is 3. The average molecular weight is 430 g/mol. The molecular weight excluding hydrogens is 398 g/mol. The molecule has 0 radical (unpaired) electrons. The first-order valence-corrected chi connectivity index (χ1v) is 10.3. The molecule has 30 heavy (non-hydrogen) atoms. The lowest BCUT2D eigenvalue weighted by molar-refractivity contribution is -0.116. The number of amides is 2. The first-order chi connectivity index (χ1) is 13.8. The highest BCUT2D eigenvalue weighted by molar-refractivity contribution is 6.07. The van der Waals surface area contributed by atoms with Gasteiger partial charge in [0.05, 0.1) is 11.4 Å². The van der Waals surface area contributed by atoms with Crippen LogP contribution < -0.4 is 16.0 Å². The predicted octanol–water partition coefficient (Wildman–Crippen LogP) is 4.99. The summed E-state index contributed by atoms with van der Waals surface area (Å²) in [6.45, 7) is 8.46. The third kappa shape index (κ3) is 6.57. The zero-order valence-electron chi connectivity index (χ0n) is 18.0. The molecule has 1 aliphatic heterocycles. The molecule has 2 aromatic rings. The van der Waals surface area contributed by atoms with Crippen LogP contribution in [0.4, 0.5) is 11.4 Å². The van der Waals surface area contributed by atoms with E-state index in [4.69, 9.17) is 0 Å². The van der Waals surface area contributed by atoms with E-state index in [1.165, 1.54) is 5.56 Å². The topological polar surface area (TPSA) is 70.2 Å². The Balaban J connectivity index is 0.00000320. The average Bonchev–Trinajstić information content (AvgIpc) is 3.21. The molecule has 0 spiro atoms. The van der Waals surface area contributed by atoms with Gasteiger partial charge >= 0.3 is 0 Å². The summed E-state index contributed by atoms with van der Waals surface area (Å²) in [4.78, 5) is 25.0. The van der Waals surface area contributed by atoms with E-state index in [2.05, 4.69) is 36.7 Å². The van der Waals surface area contributed by atoms with Gasteiger partial charge in [0, 0.05) is 12.0 Å². The molecule has 162 valence electrons. The van der Waals surface area contributed by atoms with Crippen molar-refractivity contribution in [3.8, 4) is 0 Å². The van der Waals surface area contributed by atoms with E-state index in [0.29, 0.717) is 29.3 Å². The summed E-state index contributed by atoms with van der Waals surface area (Å²) in [6, 6.07) is 15.0. The molecule has 6 heteroatoms. The van der Waals surface area contributed by atoms with Crippen LogP contribution in [0.3, 0.4) is 0 Å². The quantitative estimate of drug-likeness (QED) is 0.606. The van der Waals surface area contributed by atoms with Crippen molar-refractivity contribution in [2.45, 2.75) is 45.4 Å². The van der Waals surface area contributed by atoms with Gasteiger partial charge in [0.1, 0.15) is 0 Å². The summed E-state index contributed by atoms with van der Waals surface area (Å²) >= 11 is 0. The first kappa shape index (κ1) is 23.9. The van der Waals surface area contributed by atoms with Crippen LogP contribution in [0.2, 0.25) is 0 Å².